The molecule has 3 nitrogen and oxygen atoms in total. The molecule has 118 valence electrons. The molecule has 0 atom stereocenters. The van der Waals surface area contributed by atoms with Crippen molar-refractivity contribution < 1.29 is 9.47 Å². The monoisotopic (exact) mass is 299 g/mol. The molecule has 2 aliphatic rings. The summed E-state index contributed by atoms with van der Waals surface area (Å²) in [5.74, 6) is 1.59. The molecule has 0 bridgehead atoms. The lowest BCUT2D eigenvalue weighted by atomic mass is 9.70. The maximum atomic E-state index is 9.77. The van der Waals surface area contributed by atoms with Crippen molar-refractivity contribution in [2.75, 3.05) is 7.11 Å². The Labute approximate surface area is 133 Å². The van der Waals surface area contributed by atoms with Crippen LogP contribution < -0.4 is 9.47 Å². The Morgan fingerprint density at radius 1 is 1.05 bits per heavy atom. The van der Waals surface area contributed by atoms with Gasteiger partial charge in [0.2, 0.25) is 0 Å². The van der Waals surface area contributed by atoms with E-state index >= 15 is 0 Å². The summed E-state index contributed by atoms with van der Waals surface area (Å²) in [7, 11) is 1.68. The van der Waals surface area contributed by atoms with E-state index in [1.807, 2.05) is 6.07 Å². The van der Waals surface area contributed by atoms with E-state index in [1.54, 1.807) is 7.11 Å². The van der Waals surface area contributed by atoms with Crippen molar-refractivity contribution in [2.45, 2.75) is 69.3 Å². The minimum absolute atomic E-state index is 0.300. The van der Waals surface area contributed by atoms with Gasteiger partial charge in [-0.2, -0.15) is 5.26 Å². The van der Waals surface area contributed by atoms with E-state index in [-0.39, 0.29) is 5.41 Å². The van der Waals surface area contributed by atoms with Gasteiger partial charge < -0.3 is 9.47 Å². The van der Waals surface area contributed by atoms with Gasteiger partial charge in [-0.05, 0) is 56.2 Å². The number of nitrogens with zero attached hydrogens (tertiary/aromatic N) is 1. The molecule has 0 amide bonds. The Balaban J connectivity index is 1.90. The van der Waals surface area contributed by atoms with Crippen LogP contribution in [0.2, 0.25) is 0 Å². The molecule has 0 aliphatic heterocycles. The highest BCUT2D eigenvalue weighted by molar-refractivity contribution is 5.47. The van der Waals surface area contributed by atoms with Gasteiger partial charge in [-0.25, -0.2) is 0 Å². The SMILES string of the molecule is COc1ccc(C2(C#N)CCCCC2)cc1OC1CCCC1. The average Bonchev–Trinajstić information content (AvgIpc) is 3.08. The summed E-state index contributed by atoms with van der Waals surface area (Å²) in [6, 6.07) is 8.67. The zero-order valence-electron chi connectivity index (χ0n) is 13.4. The second-order valence-corrected chi connectivity index (χ2v) is 6.64. The van der Waals surface area contributed by atoms with Crippen LogP contribution in [0, 0.1) is 11.3 Å². The van der Waals surface area contributed by atoms with Crippen LogP contribution in [-0.4, -0.2) is 13.2 Å². The summed E-state index contributed by atoms with van der Waals surface area (Å²) >= 11 is 0. The second-order valence-electron chi connectivity index (χ2n) is 6.64. The van der Waals surface area contributed by atoms with E-state index in [0.717, 1.165) is 55.6 Å². The number of nitriles is 1. The summed E-state index contributed by atoms with van der Waals surface area (Å²) in [5, 5.41) is 9.77. The molecule has 0 aromatic heterocycles. The van der Waals surface area contributed by atoms with Crippen LogP contribution in [-0.2, 0) is 5.41 Å². The van der Waals surface area contributed by atoms with E-state index < -0.39 is 0 Å². The first-order chi connectivity index (χ1) is 10.8. The van der Waals surface area contributed by atoms with Crippen LogP contribution in [0.3, 0.4) is 0 Å². The third-order valence-electron chi connectivity index (χ3n) is 5.23. The molecular formula is C19H25NO2. The van der Waals surface area contributed by atoms with Crippen LogP contribution >= 0.6 is 0 Å². The number of hydrogen-bond donors (Lipinski definition) is 0. The number of rotatable bonds is 4. The average molecular weight is 299 g/mol. The van der Waals surface area contributed by atoms with E-state index in [1.165, 1.54) is 19.3 Å². The summed E-state index contributed by atoms with van der Waals surface area (Å²) in [4.78, 5) is 0. The van der Waals surface area contributed by atoms with Gasteiger partial charge in [-0.15, -0.1) is 0 Å². The number of methoxy groups -OCH3 is 1. The van der Waals surface area contributed by atoms with Gasteiger partial charge in [0.15, 0.2) is 11.5 Å². The molecule has 0 spiro atoms. The maximum Gasteiger partial charge on any atom is 0.161 e. The fourth-order valence-electron chi connectivity index (χ4n) is 3.87. The lowest BCUT2D eigenvalue weighted by molar-refractivity contribution is 0.200. The highest BCUT2D eigenvalue weighted by atomic mass is 16.5. The molecule has 2 fully saturated rings. The maximum absolute atomic E-state index is 9.77. The van der Waals surface area contributed by atoms with Crippen LogP contribution in [0.15, 0.2) is 18.2 Å². The van der Waals surface area contributed by atoms with Gasteiger partial charge in [0.1, 0.15) is 0 Å². The predicted molar refractivity (Wildman–Crippen MR) is 86.3 cm³/mol. The summed E-state index contributed by atoms with van der Waals surface area (Å²) in [5.41, 5.74) is 0.765. The van der Waals surface area contributed by atoms with Gasteiger partial charge in [-0.1, -0.05) is 25.3 Å². The molecule has 22 heavy (non-hydrogen) atoms. The molecular weight excluding hydrogens is 274 g/mol. The molecule has 0 N–H and O–H groups in total. The molecule has 3 heteroatoms. The highest BCUT2D eigenvalue weighted by Crippen LogP contribution is 2.42. The van der Waals surface area contributed by atoms with Crippen molar-refractivity contribution in [3.63, 3.8) is 0 Å². The van der Waals surface area contributed by atoms with Crippen molar-refractivity contribution in [1.29, 1.82) is 5.26 Å². The molecule has 1 aromatic carbocycles. The second kappa shape index (κ2) is 6.60. The Morgan fingerprint density at radius 3 is 2.41 bits per heavy atom. The van der Waals surface area contributed by atoms with Gasteiger partial charge >= 0.3 is 0 Å². The van der Waals surface area contributed by atoms with Crippen molar-refractivity contribution >= 4 is 0 Å². The Kier molecular flexibility index (Phi) is 4.57. The standard InChI is InChI=1S/C19H25NO2/c1-21-17-10-9-15(19(14-20)11-5-2-6-12-19)13-18(17)22-16-7-3-4-8-16/h9-10,13,16H,2-8,11-12H2,1H3. The summed E-state index contributed by atoms with van der Waals surface area (Å²) in [6.45, 7) is 0. The summed E-state index contributed by atoms with van der Waals surface area (Å²) in [6.07, 6.45) is 10.5. The minimum Gasteiger partial charge on any atom is -0.493 e. The Bertz CT molecular complexity index is 549. The first kappa shape index (κ1) is 15.2. The van der Waals surface area contributed by atoms with Crippen LogP contribution in [0.5, 0.6) is 11.5 Å². The van der Waals surface area contributed by atoms with E-state index in [0.29, 0.717) is 6.10 Å². The smallest absolute Gasteiger partial charge is 0.161 e. The largest absolute Gasteiger partial charge is 0.493 e. The number of benzene rings is 1. The van der Waals surface area contributed by atoms with Crippen molar-refractivity contribution in [3.05, 3.63) is 23.8 Å². The quantitative estimate of drug-likeness (QED) is 0.806. The lowest BCUT2D eigenvalue weighted by Gasteiger charge is -2.31. The van der Waals surface area contributed by atoms with Gasteiger partial charge in [-0.3, -0.25) is 0 Å². The van der Waals surface area contributed by atoms with Crippen molar-refractivity contribution in [3.8, 4) is 17.6 Å². The third kappa shape index (κ3) is 2.92. The molecule has 0 radical (unpaired) electrons. The molecule has 0 saturated heterocycles. The molecule has 1 aromatic rings. The van der Waals surface area contributed by atoms with Gasteiger partial charge in [0, 0.05) is 0 Å². The molecule has 2 saturated carbocycles. The first-order valence-corrected chi connectivity index (χ1v) is 8.54. The van der Waals surface area contributed by atoms with E-state index in [4.69, 9.17) is 9.47 Å². The van der Waals surface area contributed by atoms with Crippen LogP contribution in [0.4, 0.5) is 0 Å². The van der Waals surface area contributed by atoms with Crippen molar-refractivity contribution in [2.24, 2.45) is 0 Å². The summed E-state index contributed by atoms with van der Waals surface area (Å²) < 4.78 is 11.6. The number of hydrogen-bond acceptors (Lipinski definition) is 3. The molecule has 3 rings (SSSR count). The molecule has 0 unspecified atom stereocenters. The van der Waals surface area contributed by atoms with Gasteiger partial charge in [0.05, 0.1) is 24.7 Å². The fraction of sp³-hybridized carbons (Fsp3) is 0.632. The van der Waals surface area contributed by atoms with Crippen LogP contribution in [0.1, 0.15) is 63.4 Å². The zero-order chi connectivity index (χ0) is 15.4. The minimum atomic E-state index is -0.335. The molecule has 2 aliphatic carbocycles. The topological polar surface area (TPSA) is 42.2 Å². The third-order valence-corrected chi connectivity index (χ3v) is 5.23. The highest BCUT2D eigenvalue weighted by Gasteiger charge is 2.34. The Hall–Kier alpha value is -1.69. The first-order valence-electron chi connectivity index (χ1n) is 8.54. The lowest BCUT2D eigenvalue weighted by Crippen LogP contribution is -2.27. The normalized spacial score (nSPS) is 21.3. The van der Waals surface area contributed by atoms with Crippen LogP contribution in [0.25, 0.3) is 0 Å². The van der Waals surface area contributed by atoms with E-state index in [2.05, 4.69) is 18.2 Å². The molecule has 0 heterocycles. The fourth-order valence-corrected chi connectivity index (χ4v) is 3.87. The Morgan fingerprint density at radius 2 is 1.77 bits per heavy atom. The number of ether oxygens (including phenoxy) is 2. The van der Waals surface area contributed by atoms with Crippen molar-refractivity contribution in [1.82, 2.24) is 0 Å². The zero-order valence-corrected chi connectivity index (χ0v) is 13.4. The van der Waals surface area contributed by atoms with E-state index in [9.17, 15) is 5.26 Å². The predicted octanol–water partition coefficient (Wildman–Crippen LogP) is 4.74. The van der Waals surface area contributed by atoms with Gasteiger partial charge in [0.25, 0.3) is 0 Å².